The van der Waals surface area contributed by atoms with Gasteiger partial charge < -0.3 is 15.2 Å². The number of nitrogens with one attached hydrogen (secondary N) is 1. The lowest BCUT2D eigenvalue weighted by atomic mass is 10.2. The number of aromatic hydroxyl groups is 1. The van der Waals surface area contributed by atoms with E-state index in [1.807, 2.05) is 0 Å². The summed E-state index contributed by atoms with van der Waals surface area (Å²) in [5.41, 5.74) is 0.927. The second-order valence-corrected chi connectivity index (χ2v) is 5.23. The molecule has 2 aromatic rings. The summed E-state index contributed by atoms with van der Waals surface area (Å²) in [7, 11) is 1.44. The zero-order valence-corrected chi connectivity index (χ0v) is 12.8. The highest BCUT2D eigenvalue weighted by atomic mass is 79.9. The van der Waals surface area contributed by atoms with Crippen LogP contribution in [0.1, 0.15) is 10.4 Å². The molecule has 0 spiro atoms. The van der Waals surface area contributed by atoms with Crippen LogP contribution in [0.3, 0.4) is 0 Å². The summed E-state index contributed by atoms with van der Waals surface area (Å²) in [4.78, 5) is 12.1. The number of rotatable bonds is 3. The Hall–Kier alpha value is -1.72. The minimum atomic E-state index is -0.336. The van der Waals surface area contributed by atoms with Crippen LogP contribution >= 0.6 is 27.5 Å². The van der Waals surface area contributed by atoms with Crippen molar-refractivity contribution in [2.75, 3.05) is 12.4 Å². The molecule has 0 aliphatic rings. The molecule has 0 radical (unpaired) electrons. The minimum Gasteiger partial charge on any atom is -0.504 e. The first-order valence-electron chi connectivity index (χ1n) is 5.64. The van der Waals surface area contributed by atoms with Crippen LogP contribution in [0.15, 0.2) is 40.9 Å². The molecule has 6 heteroatoms. The molecule has 1 amide bonds. The molecule has 0 heterocycles. The third-order valence-corrected chi connectivity index (χ3v) is 3.83. The van der Waals surface area contributed by atoms with Gasteiger partial charge in [-0.3, -0.25) is 4.79 Å². The molecule has 2 N–H and O–H groups in total. The second kappa shape index (κ2) is 6.15. The maximum Gasteiger partial charge on any atom is 0.255 e. The van der Waals surface area contributed by atoms with E-state index in [4.69, 9.17) is 16.3 Å². The number of amides is 1. The number of hydrogen-bond donors (Lipinski definition) is 2. The molecular formula is C14H11BrClNO3. The van der Waals surface area contributed by atoms with Crippen LogP contribution in [0.5, 0.6) is 11.5 Å². The normalized spacial score (nSPS) is 10.2. The molecule has 0 aromatic heterocycles. The van der Waals surface area contributed by atoms with Gasteiger partial charge in [-0.05, 0) is 52.3 Å². The number of halogens is 2. The van der Waals surface area contributed by atoms with E-state index < -0.39 is 0 Å². The lowest BCUT2D eigenvalue weighted by molar-refractivity contribution is 0.102. The van der Waals surface area contributed by atoms with Crippen molar-refractivity contribution in [1.29, 1.82) is 0 Å². The summed E-state index contributed by atoms with van der Waals surface area (Å²) in [5.74, 6) is -0.106. The Kier molecular flexibility index (Phi) is 4.52. The molecule has 4 nitrogen and oxygen atoms in total. The van der Waals surface area contributed by atoms with Crippen molar-refractivity contribution in [3.05, 3.63) is 51.5 Å². The Balaban J connectivity index is 2.19. The van der Waals surface area contributed by atoms with Gasteiger partial charge in [0.2, 0.25) is 0 Å². The van der Waals surface area contributed by atoms with Crippen molar-refractivity contribution in [2.45, 2.75) is 0 Å². The highest BCUT2D eigenvalue weighted by Gasteiger charge is 2.10. The maximum absolute atomic E-state index is 12.1. The van der Waals surface area contributed by atoms with E-state index in [0.29, 0.717) is 26.5 Å². The van der Waals surface area contributed by atoms with Gasteiger partial charge in [-0.25, -0.2) is 0 Å². The van der Waals surface area contributed by atoms with E-state index in [0.717, 1.165) is 0 Å². The van der Waals surface area contributed by atoms with E-state index in [-0.39, 0.29) is 11.7 Å². The van der Waals surface area contributed by atoms with Crippen LogP contribution in [0.4, 0.5) is 5.69 Å². The fourth-order valence-electron chi connectivity index (χ4n) is 1.61. The van der Waals surface area contributed by atoms with Gasteiger partial charge in [-0.2, -0.15) is 0 Å². The molecule has 0 atom stereocenters. The van der Waals surface area contributed by atoms with Crippen molar-refractivity contribution in [2.24, 2.45) is 0 Å². The topological polar surface area (TPSA) is 58.6 Å². The number of carbonyl (C=O) groups excluding carboxylic acids is 1. The third kappa shape index (κ3) is 3.23. The van der Waals surface area contributed by atoms with Crippen molar-refractivity contribution in [1.82, 2.24) is 0 Å². The van der Waals surface area contributed by atoms with Gasteiger partial charge in [-0.15, -0.1) is 0 Å². The summed E-state index contributed by atoms with van der Waals surface area (Å²) < 4.78 is 5.61. The highest BCUT2D eigenvalue weighted by molar-refractivity contribution is 9.10. The fourth-order valence-corrected chi connectivity index (χ4v) is 2.10. The second-order valence-electron chi connectivity index (χ2n) is 3.97. The van der Waals surface area contributed by atoms with Crippen LogP contribution in [0.25, 0.3) is 0 Å². The Labute approximate surface area is 129 Å². The molecule has 0 aliphatic carbocycles. The van der Waals surface area contributed by atoms with Crippen LogP contribution in [0, 0.1) is 0 Å². The average molecular weight is 357 g/mol. The molecule has 2 rings (SSSR count). The Morgan fingerprint density at radius 3 is 2.65 bits per heavy atom. The molecule has 0 saturated carbocycles. The number of methoxy groups -OCH3 is 1. The van der Waals surface area contributed by atoms with Crippen LogP contribution in [-0.2, 0) is 0 Å². The smallest absolute Gasteiger partial charge is 0.255 e. The fraction of sp³-hybridized carbons (Fsp3) is 0.0714. The Morgan fingerprint density at radius 2 is 2.05 bits per heavy atom. The number of carbonyl (C=O) groups is 1. The first kappa shape index (κ1) is 14.7. The molecule has 20 heavy (non-hydrogen) atoms. The van der Waals surface area contributed by atoms with Gasteiger partial charge in [0, 0.05) is 15.7 Å². The molecule has 0 saturated heterocycles. The first-order chi connectivity index (χ1) is 9.51. The Morgan fingerprint density at radius 1 is 1.30 bits per heavy atom. The molecule has 0 unspecified atom stereocenters. The van der Waals surface area contributed by atoms with E-state index in [2.05, 4.69) is 21.2 Å². The van der Waals surface area contributed by atoms with E-state index >= 15 is 0 Å². The van der Waals surface area contributed by atoms with Crippen molar-refractivity contribution < 1.29 is 14.6 Å². The lowest BCUT2D eigenvalue weighted by Crippen LogP contribution is -2.11. The summed E-state index contributed by atoms with van der Waals surface area (Å²) in [6, 6.07) is 9.50. The quantitative estimate of drug-likeness (QED) is 0.871. The number of phenolic OH excluding ortho intramolecular Hbond substituents is 1. The predicted molar refractivity (Wildman–Crippen MR) is 81.8 cm³/mol. The van der Waals surface area contributed by atoms with Gasteiger partial charge >= 0.3 is 0 Å². The van der Waals surface area contributed by atoms with E-state index in [9.17, 15) is 9.90 Å². The molecule has 104 valence electrons. The average Bonchev–Trinajstić information content (AvgIpc) is 2.42. The monoisotopic (exact) mass is 355 g/mol. The lowest BCUT2D eigenvalue weighted by Gasteiger charge is -2.08. The molecule has 0 aliphatic heterocycles. The van der Waals surface area contributed by atoms with Gasteiger partial charge in [0.1, 0.15) is 0 Å². The Bertz CT molecular complexity index is 661. The summed E-state index contributed by atoms with van der Waals surface area (Å²) >= 11 is 9.16. The number of anilines is 1. The number of hydrogen-bond acceptors (Lipinski definition) is 3. The summed E-state index contributed by atoms with van der Waals surface area (Å²) in [5, 5.41) is 12.9. The predicted octanol–water partition coefficient (Wildman–Crippen LogP) is 4.07. The molecule has 2 aromatic carbocycles. The SMILES string of the molecule is COc1ccc(C(=O)Nc2ccc(Cl)c(Br)c2)cc1O. The number of phenols is 1. The maximum atomic E-state index is 12.1. The highest BCUT2D eigenvalue weighted by Crippen LogP contribution is 2.28. The van der Waals surface area contributed by atoms with Crippen molar-refractivity contribution >= 4 is 39.1 Å². The molecular weight excluding hydrogens is 346 g/mol. The largest absolute Gasteiger partial charge is 0.504 e. The zero-order chi connectivity index (χ0) is 14.7. The molecule has 0 fully saturated rings. The van der Waals surface area contributed by atoms with E-state index in [1.54, 1.807) is 24.3 Å². The van der Waals surface area contributed by atoms with Gasteiger partial charge in [0.05, 0.1) is 12.1 Å². The van der Waals surface area contributed by atoms with Crippen LogP contribution in [0.2, 0.25) is 5.02 Å². The van der Waals surface area contributed by atoms with Crippen LogP contribution < -0.4 is 10.1 Å². The van der Waals surface area contributed by atoms with Crippen molar-refractivity contribution in [3.63, 3.8) is 0 Å². The summed E-state index contributed by atoms with van der Waals surface area (Å²) in [6.45, 7) is 0. The van der Waals surface area contributed by atoms with E-state index in [1.165, 1.54) is 19.2 Å². The van der Waals surface area contributed by atoms with Crippen molar-refractivity contribution in [3.8, 4) is 11.5 Å². The zero-order valence-electron chi connectivity index (χ0n) is 10.5. The molecule has 0 bridgehead atoms. The third-order valence-electron chi connectivity index (χ3n) is 2.62. The number of ether oxygens (including phenoxy) is 1. The van der Waals surface area contributed by atoms with Gasteiger partial charge in [0.25, 0.3) is 5.91 Å². The van der Waals surface area contributed by atoms with Gasteiger partial charge in [-0.1, -0.05) is 11.6 Å². The standard InChI is InChI=1S/C14H11BrClNO3/c1-20-13-5-2-8(6-12(13)18)14(19)17-9-3-4-11(16)10(15)7-9/h2-7,18H,1H3,(H,17,19). The number of benzene rings is 2. The van der Waals surface area contributed by atoms with Crippen LogP contribution in [-0.4, -0.2) is 18.1 Å². The minimum absolute atomic E-state index is 0.0857. The first-order valence-corrected chi connectivity index (χ1v) is 6.82. The summed E-state index contributed by atoms with van der Waals surface area (Å²) in [6.07, 6.45) is 0. The van der Waals surface area contributed by atoms with Gasteiger partial charge in [0.15, 0.2) is 11.5 Å².